The molecule has 0 N–H and O–H groups in total. The van der Waals surface area contributed by atoms with Crippen LogP contribution < -0.4 is 0 Å². The molecular weight excluding hydrogens is 191 g/mol. The fourth-order valence-electron chi connectivity index (χ4n) is 0.781. The fraction of sp³-hybridized carbons (Fsp3) is 0.429. The Hall–Kier alpha value is 0.323. The van der Waals surface area contributed by atoms with E-state index in [1.165, 1.54) is 0 Å². The Morgan fingerprint density at radius 3 is 2.33 bits per heavy atom. The normalized spacial score (nSPS) is 16.1. The third kappa shape index (κ3) is 3.12. The van der Waals surface area contributed by atoms with Crippen LogP contribution in [-0.4, -0.2) is 13.7 Å². The predicted molar refractivity (Wildman–Crippen MR) is 33.6 cm³/mol. The first-order valence-corrected chi connectivity index (χ1v) is 2.77. The Morgan fingerprint density at radius 2 is 1.89 bits per heavy atom. The summed E-state index contributed by atoms with van der Waals surface area (Å²) in [5.41, 5.74) is 0. The van der Waals surface area contributed by atoms with Crippen molar-refractivity contribution in [3.63, 3.8) is 0 Å². The SMILES string of the molecule is COCC1C=CC=C1.[Zr]. The van der Waals surface area contributed by atoms with Gasteiger partial charge in [0.1, 0.15) is 0 Å². The van der Waals surface area contributed by atoms with E-state index in [2.05, 4.69) is 12.2 Å². The van der Waals surface area contributed by atoms with Gasteiger partial charge >= 0.3 is 0 Å². The minimum atomic E-state index is 0. The van der Waals surface area contributed by atoms with E-state index in [1.54, 1.807) is 7.11 Å². The van der Waals surface area contributed by atoms with Crippen LogP contribution in [0.15, 0.2) is 24.3 Å². The number of allylic oxidation sites excluding steroid dienone is 2. The van der Waals surface area contributed by atoms with Crippen molar-refractivity contribution in [2.45, 2.75) is 0 Å². The van der Waals surface area contributed by atoms with Gasteiger partial charge in [0.15, 0.2) is 0 Å². The van der Waals surface area contributed by atoms with Crippen LogP contribution in [0.25, 0.3) is 0 Å². The smallest absolute Gasteiger partial charge is 0.0559 e. The molecule has 1 rings (SSSR count). The maximum absolute atomic E-state index is 4.92. The molecule has 0 spiro atoms. The van der Waals surface area contributed by atoms with Gasteiger partial charge in [-0.15, -0.1) is 0 Å². The predicted octanol–water partition coefficient (Wildman–Crippen LogP) is 1.37. The molecule has 0 radical (unpaired) electrons. The summed E-state index contributed by atoms with van der Waals surface area (Å²) in [5, 5.41) is 0. The maximum Gasteiger partial charge on any atom is 0.0559 e. The van der Waals surface area contributed by atoms with E-state index in [4.69, 9.17) is 4.74 Å². The van der Waals surface area contributed by atoms with Crippen LogP contribution in [0.1, 0.15) is 0 Å². The fourth-order valence-corrected chi connectivity index (χ4v) is 0.781. The zero-order valence-electron chi connectivity index (χ0n) is 5.50. The van der Waals surface area contributed by atoms with E-state index in [9.17, 15) is 0 Å². The summed E-state index contributed by atoms with van der Waals surface area (Å²) in [5.74, 6) is 0.528. The summed E-state index contributed by atoms with van der Waals surface area (Å²) < 4.78 is 4.92. The molecule has 0 saturated heterocycles. The van der Waals surface area contributed by atoms with Gasteiger partial charge < -0.3 is 4.74 Å². The Kier molecular flexibility index (Phi) is 5.32. The van der Waals surface area contributed by atoms with Crippen LogP contribution >= 0.6 is 0 Å². The summed E-state index contributed by atoms with van der Waals surface area (Å²) in [4.78, 5) is 0. The van der Waals surface area contributed by atoms with Crippen LogP contribution in [0.4, 0.5) is 0 Å². The van der Waals surface area contributed by atoms with E-state index >= 15 is 0 Å². The second-order valence-corrected chi connectivity index (χ2v) is 1.89. The van der Waals surface area contributed by atoms with Gasteiger partial charge in [-0.1, -0.05) is 24.3 Å². The van der Waals surface area contributed by atoms with Gasteiger partial charge in [-0.2, -0.15) is 0 Å². The van der Waals surface area contributed by atoms with Gasteiger partial charge in [-0.05, 0) is 0 Å². The first-order chi connectivity index (χ1) is 3.93. The third-order valence-corrected chi connectivity index (χ3v) is 1.19. The molecule has 0 bridgehead atoms. The molecule has 2 heteroatoms. The molecule has 1 aliphatic rings. The molecular formula is C7H10OZr. The molecule has 0 amide bonds. The van der Waals surface area contributed by atoms with Gasteiger partial charge in [0.2, 0.25) is 0 Å². The van der Waals surface area contributed by atoms with E-state index in [0.717, 1.165) is 6.61 Å². The van der Waals surface area contributed by atoms with Crippen molar-refractivity contribution in [2.75, 3.05) is 13.7 Å². The monoisotopic (exact) mass is 200 g/mol. The van der Waals surface area contributed by atoms with Crippen molar-refractivity contribution in [3.8, 4) is 0 Å². The van der Waals surface area contributed by atoms with Crippen molar-refractivity contribution in [2.24, 2.45) is 5.92 Å². The van der Waals surface area contributed by atoms with E-state index in [0.29, 0.717) is 5.92 Å². The Bertz CT molecular complexity index is 106. The number of rotatable bonds is 2. The Morgan fingerprint density at radius 1 is 1.33 bits per heavy atom. The molecule has 0 aromatic rings. The van der Waals surface area contributed by atoms with Crippen LogP contribution in [0, 0.1) is 5.92 Å². The molecule has 1 aliphatic carbocycles. The maximum atomic E-state index is 4.92. The zero-order chi connectivity index (χ0) is 5.82. The quantitative estimate of drug-likeness (QED) is 0.656. The van der Waals surface area contributed by atoms with Gasteiger partial charge in [-0.25, -0.2) is 0 Å². The van der Waals surface area contributed by atoms with Gasteiger partial charge in [0.25, 0.3) is 0 Å². The number of hydrogen-bond donors (Lipinski definition) is 0. The second-order valence-electron chi connectivity index (χ2n) is 1.89. The minimum Gasteiger partial charge on any atom is -0.384 e. The van der Waals surface area contributed by atoms with Gasteiger partial charge in [-0.3, -0.25) is 0 Å². The first-order valence-electron chi connectivity index (χ1n) is 2.77. The minimum absolute atomic E-state index is 0. The second kappa shape index (κ2) is 5.14. The third-order valence-electron chi connectivity index (χ3n) is 1.19. The van der Waals surface area contributed by atoms with Gasteiger partial charge in [0.05, 0.1) is 6.61 Å². The van der Waals surface area contributed by atoms with E-state index in [-0.39, 0.29) is 26.2 Å². The molecule has 48 valence electrons. The summed E-state index contributed by atoms with van der Waals surface area (Å²) in [6.45, 7) is 0.812. The van der Waals surface area contributed by atoms with Crippen molar-refractivity contribution < 1.29 is 30.9 Å². The topological polar surface area (TPSA) is 9.23 Å². The number of ether oxygens (including phenoxy) is 1. The van der Waals surface area contributed by atoms with Crippen LogP contribution in [-0.2, 0) is 30.9 Å². The molecule has 0 aromatic heterocycles. The first kappa shape index (κ1) is 9.32. The average Bonchev–Trinajstić information content (AvgIpc) is 2.19. The number of methoxy groups -OCH3 is 1. The molecule has 0 fully saturated rings. The summed E-state index contributed by atoms with van der Waals surface area (Å²) >= 11 is 0. The Labute approximate surface area is 74.9 Å². The summed E-state index contributed by atoms with van der Waals surface area (Å²) in [7, 11) is 1.72. The standard InChI is InChI=1S/C7H10O.Zr/c1-8-6-7-4-2-3-5-7;/h2-5,7H,6H2,1H3;. The van der Waals surface area contributed by atoms with Gasteiger partial charge in [0, 0.05) is 39.2 Å². The van der Waals surface area contributed by atoms with Crippen molar-refractivity contribution >= 4 is 0 Å². The van der Waals surface area contributed by atoms with E-state index < -0.39 is 0 Å². The summed E-state index contributed by atoms with van der Waals surface area (Å²) in [6.07, 6.45) is 8.35. The van der Waals surface area contributed by atoms with Crippen molar-refractivity contribution in [1.82, 2.24) is 0 Å². The van der Waals surface area contributed by atoms with Crippen molar-refractivity contribution in [1.29, 1.82) is 0 Å². The average molecular weight is 201 g/mol. The molecule has 0 heterocycles. The molecule has 0 atom stereocenters. The molecule has 1 nitrogen and oxygen atoms in total. The molecule has 0 saturated carbocycles. The molecule has 0 unspecified atom stereocenters. The Balaban J connectivity index is 0.000000640. The molecule has 0 aromatic carbocycles. The van der Waals surface area contributed by atoms with Crippen LogP contribution in [0.3, 0.4) is 0 Å². The molecule has 0 aliphatic heterocycles. The van der Waals surface area contributed by atoms with Crippen LogP contribution in [0.2, 0.25) is 0 Å². The van der Waals surface area contributed by atoms with Crippen molar-refractivity contribution in [3.05, 3.63) is 24.3 Å². The van der Waals surface area contributed by atoms with E-state index in [1.807, 2.05) is 12.2 Å². The summed E-state index contributed by atoms with van der Waals surface area (Å²) in [6, 6.07) is 0. The zero-order valence-corrected chi connectivity index (χ0v) is 7.96. The largest absolute Gasteiger partial charge is 0.384 e. The number of hydrogen-bond acceptors (Lipinski definition) is 1. The van der Waals surface area contributed by atoms with Crippen LogP contribution in [0.5, 0.6) is 0 Å². The molecule has 9 heavy (non-hydrogen) atoms.